The number of aliphatic carboxylic acids is 2. The Morgan fingerprint density at radius 3 is 2.07 bits per heavy atom. The summed E-state index contributed by atoms with van der Waals surface area (Å²) < 4.78 is 0. The molecule has 5 heteroatoms. The predicted molar refractivity (Wildman–Crippen MR) is 54.7 cm³/mol. The molecule has 0 aliphatic heterocycles. The van der Waals surface area contributed by atoms with E-state index in [-0.39, 0.29) is 5.57 Å². The first-order valence-corrected chi connectivity index (χ1v) is 4.32. The molecule has 0 aromatic heterocycles. The Morgan fingerprint density at radius 1 is 1.13 bits per heavy atom. The maximum absolute atomic E-state index is 10.8. The minimum Gasteiger partial charge on any atom is -0.478 e. The van der Waals surface area contributed by atoms with E-state index in [2.05, 4.69) is 0 Å². The SMILES string of the molecule is O=C(O)C=C(C(=O)O)c1ccc(Cl)cc1. The lowest BCUT2D eigenvalue weighted by Crippen LogP contribution is -2.02. The zero-order valence-corrected chi connectivity index (χ0v) is 8.23. The molecule has 1 rings (SSSR count). The Kier molecular flexibility index (Phi) is 3.46. The molecule has 1 aromatic rings. The van der Waals surface area contributed by atoms with Crippen molar-refractivity contribution in [2.75, 3.05) is 0 Å². The van der Waals surface area contributed by atoms with Gasteiger partial charge in [-0.1, -0.05) is 23.7 Å². The lowest BCUT2D eigenvalue weighted by molar-refractivity contribution is -0.133. The fraction of sp³-hybridized carbons (Fsp3) is 0. The molecule has 0 aliphatic carbocycles. The van der Waals surface area contributed by atoms with Crippen molar-refractivity contribution < 1.29 is 19.8 Å². The molecule has 0 saturated carbocycles. The topological polar surface area (TPSA) is 74.6 Å². The molecule has 15 heavy (non-hydrogen) atoms. The minimum absolute atomic E-state index is 0.279. The van der Waals surface area contributed by atoms with Crippen molar-refractivity contribution in [3.05, 3.63) is 40.9 Å². The highest BCUT2D eigenvalue weighted by Crippen LogP contribution is 2.17. The van der Waals surface area contributed by atoms with Crippen LogP contribution in [-0.4, -0.2) is 22.2 Å². The van der Waals surface area contributed by atoms with Crippen LogP contribution < -0.4 is 0 Å². The Balaban J connectivity index is 3.16. The molecule has 4 nitrogen and oxygen atoms in total. The van der Waals surface area contributed by atoms with Crippen molar-refractivity contribution in [3.8, 4) is 0 Å². The zero-order chi connectivity index (χ0) is 11.4. The second kappa shape index (κ2) is 4.61. The third kappa shape index (κ3) is 3.11. The second-order valence-electron chi connectivity index (χ2n) is 2.71. The Bertz CT molecular complexity index is 420. The van der Waals surface area contributed by atoms with Gasteiger partial charge < -0.3 is 10.2 Å². The summed E-state index contributed by atoms with van der Waals surface area (Å²) in [4.78, 5) is 21.1. The van der Waals surface area contributed by atoms with Gasteiger partial charge in [-0.2, -0.15) is 0 Å². The van der Waals surface area contributed by atoms with E-state index in [1.165, 1.54) is 24.3 Å². The van der Waals surface area contributed by atoms with Gasteiger partial charge in [0.25, 0.3) is 0 Å². The average molecular weight is 227 g/mol. The normalized spacial score (nSPS) is 11.1. The highest BCUT2D eigenvalue weighted by Gasteiger charge is 2.11. The molecular formula is C10H7ClO4. The van der Waals surface area contributed by atoms with Gasteiger partial charge in [0.2, 0.25) is 0 Å². The van der Waals surface area contributed by atoms with Gasteiger partial charge in [-0.25, -0.2) is 9.59 Å². The molecule has 0 heterocycles. The lowest BCUT2D eigenvalue weighted by atomic mass is 10.1. The molecule has 0 radical (unpaired) electrons. The van der Waals surface area contributed by atoms with Crippen LogP contribution in [0.2, 0.25) is 5.02 Å². The third-order valence-corrected chi connectivity index (χ3v) is 1.91. The van der Waals surface area contributed by atoms with Gasteiger partial charge in [0.05, 0.1) is 5.57 Å². The summed E-state index contributed by atoms with van der Waals surface area (Å²) in [6.45, 7) is 0. The van der Waals surface area contributed by atoms with Gasteiger partial charge in [0.1, 0.15) is 0 Å². The first-order valence-electron chi connectivity index (χ1n) is 3.94. The standard InChI is InChI=1S/C10H7ClO4/c11-7-3-1-6(2-4-7)8(10(14)15)5-9(12)13/h1-5H,(H,12,13)(H,14,15). The van der Waals surface area contributed by atoms with E-state index in [4.69, 9.17) is 21.8 Å². The van der Waals surface area contributed by atoms with Gasteiger partial charge in [0, 0.05) is 11.1 Å². The third-order valence-electron chi connectivity index (χ3n) is 1.65. The number of carboxylic acid groups (broad SMARTS) is 2. The molecule has 78 valence electrons. The van der Waals surface area contributed by atoms with Crippen molar-refractivity contribution >= 4 is 29.1 Å². The molecule has 0 saturated heterocycles. The monoisotopic (exact) mass is 226 g/mol. The maximum atomic E-state index is 10.8. The smallest absolute Gasteiger partial charge is 0.336 e. The van der Waals surface area contributed by atoms with E-state index in [9.17, 15) is 9.59 Å². The van der Waals surface area contributed by atoms with E-state index in [0.717, 1.165) is 0 Å². The Labute approximate surface area is 90.4 Å². The molecule has 0 aliphatic rings. The van der Waals surface area contributed by atoms with E-state index >= 15 is 0 Å². The average Bonchev–Trinajstić information content (AvgIpc) is 2.15. The van der Waals surface area contributed by atoms with Gasteiger partial charge >= 0.3 is 11.9 Å². The molecule has 0 amide bonds. The van der Waals surface area contributed by atoms with Crippen LogP contribution >= 0.6 is 11.6 Å². The van der Waals surface area contributed by atoms with Gasteiger partial charge in [0.15, 0.2) is 0 Å². The fourth-order valence-electron chi connectivity index (χ4n) is 1.02. The molecule has 0 fully saturated rings. The number of halogens is 1. The molecule has 0 bridgehead atoms. The predicted octanol–water partition coefficient (Wildman–Crippen LogP) is 1.89. The van der Waals surface area contributed by atoms with E-state index in [0.29, 0.717) is 16.7 Å². The first-order chi connectivity index (χ1) is 7.00. The quantitative estimate of drug-likeness (QED) is 0.772. The molecule has 1 aromatic carbocycles. The van der Waals surface area contributed by atoms with Crippen LogP contribution in [0, 0.1) is 0 Å². The van der Waals surface area contributed by atoms with Crippen LogP contribution in [0.25, 0.3) is 5.57 Å². The number of hydrogen-bond donors (Lipinski definition) is 2. The zero-order valence-electron chi connectivity index (χ0n) is 7.48. The maximum Gasteiger partial charge on any atom is 0.336 e. The van der Waals surface area contributed by atoms with E-state index in [1.807, 2.05) is 0 Å². The number of rotatable bonds is 3. The Morgan fingerprint density at radius 2 is 1.67 bits per heavy atom. The van der Waals surface area contributed by atoms with Crippen molar-refractivity contribution in [1.29, 1.82) is 0 Å². The van der Waals surface area contributed by atoms with Crippen molar-refractivity contribution in [2.24, 2.45) is 0 Å². The second-order valence-corrected chi connectivity index (χ2v) is 3.14. The summed E-state index contributed by atoms with van der Waals surface area (Å²) in [5.74, 6) is -2.60. The number of carbonyl (C=O) groups is 2. The number of benzene rings is 1. The van der Waals surface area contributed by atoms with Crippen molar-refractivity contribution in [3.63, 3.8) is 0 Å². The van der Waals surface area contributed by atoms with Crippen LogP contribution in [0.5, 0.6) is 0 Å². The number of carboxylic acids is 2. The van der Waals surface area contributed by atoms with Crippen LogP contribution in [0.15, 0.2) is 30.3 Å². The van der Waals surface area contributed by atoms with Crippen LogP contribution in [0.3, 0.4) is 0 Å². The van der Waals surface area contributed by atoms with Gasteiger partial charge in [-0.15, -0.1) is 0 Å². The first kappa shape index (κ1) is 11.3. The highest BCUT2D eigenvalue weighted by molar-refractivity contribution is 6.30. The summed E-state index contributed by atoms with van der Waals surface area (Å²) in [7, 11) is 0. The Hall–Kier alpha value is -1.81. The lowest BCUT2D eigenvalue weighted by Gasteiger charge is -2.01. The summed E-state index contributed by atoms with van der Waals surface area (Å²) in [5, 5.41) is 17.7. The van der Waals surface area contributed by atoms with Crippen molar-refractivity contribution in [1.82, 2.24) is 0 Å². The highest BCUT2D eigenvalue weighted by atomic mass is 35.5. The minimum atomic E-state index is -1.30. The van der Waals surface area contributed by atoms with E-state index < -0.39 is 11.9 Å². The molecule has 0 atom stereocenters. The molecule has 0 spiro atoms. The number of hydrogen-bond acceptors (Lipinski definition) is 2. The molecule has 2 N–H and O–H groups in total. The largest absolute Gasteiger partial charge is 0.478 e. The van der Waals surface area contributed by atoms with Crippen LogP contribution in [-0.2, 0) is 9.59 Å². The summed E-state index contributed by atoms with van der Waals surface area (Å²) in [5.41, 5.74) is 0.0217. The van der Waals surface area contributed by atoms with Crippen LogP contribution in [0.1, 0.15) is 5.56 Å². The molecular weight excluding hydrogens is 220 g/mol. The van der Waals surface area contributed by atoms with Gasteiger partial charge in [-0.3, -0.25) is 0 Å². The van der Waals surface area contributed by atoms with Crippen molar-refractivity contribution in [2.45, 2.75) is 0 Å². The van der Waals surface area contributed by atoms with Crippen LogP contribution in [0.4, 0.5) is 0 Å². The molecule has 0 unspecified atom stereocenters. The van der Waals surface area contributed by atoms with E-state index in [1.54, 1.807) is 0 Å². The fourth-order valence-corrected chi connectivity index (χ4v) is 1.15. The summed E-state index contributed by atoms with van der Waals surface area (Å²) >= 11 is 5.62. The van der Waals surface area contributed by atoms with Gasteiger partial charge in [-0.05, 0) is 17.7 Å². The summed E-state index contributed by atoms with van der Waals surface area (Å²) in [6.07, 6.45) is 0.644. The summed E-state index contributed by atoms with van der Waals surface area (Å²) in [6, 6.07) is 5.89.